The van der Waals surface area contributed by atoms with Crippen LogP contribution in [0.15, 0.2) is 41.0 Å². The number of phenolic OH excluding ortho intramolecular Hbond substituents is 1. The predicted molar refractivity (Wildman–Crippen MR) is 120 cm³/mol. The minimum absolute atomic E-state index is 0.0253. The number of allylic oxidation sites excluding steroid dienone is 2. The fraction of sp³-hybridized carbons (Fsp3) is 0.538. The van der Waals surface area contributed by atoms with Gasteiger partial charge in [-0.05, 0) is 55.4 Å². The third-order valence-corrected chi connectivity index (χ3v) is 7.19. The second-order valence-electron chi connectivity index (χ2n) is 9.10. The number of fused-ring (bicyclic) bond motifs is 3. The number of rotatable bonds is 7. The summed E-state index contributed by atoms with van der Waals surface area (Å²) in [6.07, 6.45) is 7.68. The molecule has 4 atom stereocenters. The molecule has 2 fully saturated rings. The fourth-order valence-corrected chi connectivity index (χ4v) is 5.73. The van der Waals surface area contributed by atoms with Crippen molar-refractivity contribution in [1.82, 2.24) is 4.90 Å². The van der Waals surface area contributed by atoms with Gasteiger partial charge in [-0.1, -0.05) is 49.6 Å². The van der Waals surface area contributed by atoms with E-state index in [0.717, 1.165) is 37.7 Å². The fourth-order valence-electron chi connectivity index (χ4n) is 5.73. The molecule has 2 amide bonds. The van der Waals surface area contributed by atoms with Crippen molar-refractivity contribution in [2.45, 2.75) is 58.5 Å². The molecular weight excluding hydrogens is 390 g/mol. The normalized spacial score (nSPS) is 28.4. The number of ether oxygens (including phenoxy) is 1. The average molecular weight is 424 g/mol. The van der Waals surface area contributed by atoms with Crippen molar-refractivity contribution in [1.29, 1.82) is 0 Å². The van der Waals surface area contributed by atoms with Gasteiger partial charge in [-0.3, -0.25) is 14.5 Å². The Morgan fingerprint density at radius 3 is 2.71 bits per heavy atom. The molecule has 0 unspecified atom stereocenters. The lowest BCUT2D eigenvalue weighted by Gasteiger charge is -2.31. The number of carbonyl (C=O) groups is 2. The van der Waals surface area contributed by atoms with E-state index in [1.807, 2.05) is 12.1 Å². The molecule has 0 saturated carbocycles. The van der Waals surface area contributed by atoms with Crippen LogP contribution in [-0.2, 0) is 14.3 Å². The molecule has 2 heterocycles. The van der Waals surface area contributed by atoms with Crippen LogP contribution in [0.4, 0.5) is 0 Å². The first-order chi connectivity index (χ1) is 14.9. The van der Waals surface area contributed by atoms with E-state index >= 15 is 0 Å². The number of carbonyl (C=O) groups excluding carboxylic acids is 2. The van der Waals surface area contributed by atoms with Crippen molar-refractivity contribution in [2.24, 2.45) is 17.8 Å². The highest BCUT2D eigenvalue weighted by Gasteiger charge is 2.55. The Hall–Kier alpha value is -2.40. The van der Waals surface area contributed by atoms with E-state index in [9.17, 15) is 14.7 Å². The predicted octanol–water partition coefficient (Wildman–Crippen LogP) is 4.71. The van der Waals surface area contributed by atoms with Gasteiger partial charge in [0.05, 0.1) is 24.5 Å². The molecule has 2 aliphatic heterocycles. The number of benzene rings is 1. The van der Waals surface area contributed by atoms with Crippen LogP contribution >= 0.6 is 0 Å². The maximum Gasteiger partial charge on any atom is 0.233 e. The molecule has 0 aromatic heterocycles. The highest BCUT2D eigenvalue weighted by molar-refractivity contribution is 6.05. The van der Waals surface area contributed by atoms with Crippen molar-refractivity contribution in [3.8, 4) is 5.75 Å². The summed E-state index contributed by atoms with van der Waals surface area (Å²) in [6.45, 7) is 4.86. The minimum atomic E-state index is -0.245. The zero-order valence-corrected chi connectivity index (χ0v) is 18.8. The number of amides is 2. The number of nitrogens with zero attached hydrogens (tertiary/aromatic N) is 1. The van der Waals surface area contributed by atoms with Gasteiger partial charge >= 0.3 is 0 Å². The van der Waals surface area contributed by atoms with Gasteiger partial charge in [-0.2, -0.15) is 0 Å². The summed E-state index contributed by atoms with van der Waals surface area (Å²) in [4.78, 5) is 26.7. The van der Waals surface area contributed by atoms with E-state index in [1.54, 1.807) is 19.2 Å². The monoisotopic (exact) mass is 423 g/mol. The first-order valence-electron chi connectivity index (χ1n) is 11.6. The maximum absolute atomic E-state index is 12.8. The van der Waals surface area contributed by atoms with Crippen LogP contribution in [0.5, 0.6) is 5.75 Å². The SMILES string of the molecule is CCC/C(=C\c1cccc(O)c1)CC[C@H]1OC[C@H]2C1=C(CC)C[C@H]1C(=O)N(C)C(=O)[C@H]12. The third kappa shape index (κ3) is 4.08. The Balaban J connectivity index is 1.53. The molecule has 0 spiro atoms. The Morgan fingerprint density at radius 1 is 1.19 bits per heavy atom. The number of hydrogen-bond donors (Lipinski definition) is 1. The second-order valence-corrected chi connectivity index (χ2v) is 9.10. The lowest BCUT2D eigenvalue weighted by molar-refractivity contribution is -0.138. The molecule has 166 valence electrons. The van der Waals surface area contributed by atoms with Crippen molar-refractivity contribution >= 4 is 17.9 Å². The van der Waals surface area contributed by atoms with Crippen LogP contribution < -0.4 is 0 Å². The molecule has 1 N–H and O–H groups in total. The highest BCUT2D eigenvalue weighted by atomic mass is 16.5. The van der Waals surface area contributed by atoms with Gasteiger partial charge in [0.1, 0.15) is 5.75 Å². The van der Waals surface area contributed by atoms with E-state index in [4.69, 9.17) is 4.74 Å². The van der Waals surface area contributed by atoms with Crippen LogP contribution in [-0.4, -0.2) is 41.6 Å². The zero-order valence-electron chi connectivity index (χ0n) is 18.8. The van der Waals surface area contributed by atoms with Crippen LogP contribution in [0.1, 0.15) is 57.9 Å². The van der Waals surface area contributed by atoms with E-state index in [-0.39, 0.29) is 41.4 Å². The Kier molecular flexibility index (Phi) is 6.33. The smallest absolute Gasteiger partial charge is 0.233 e. The molecule has 1 aliphatic carbocycles. The number of phenols is 1. The first kappa shape index (κ1) is 21.8. The van der Waals surface area contributed by atoms with E-state index in [0.29, 0.717) is 13.0 Å². The van der Waals surface area contributed by atoms with Crippen molar-refractivity contribution < 1.29 is 19.4 Å². The highest BCUT2D eigenvalue weighted by Crippen LogP contribution is 2.50. The molecule has 5 nitrogen and oxygen atoms in total. The molecule has 1 aromatic rings. The quantitative estimate of drug-likeness (QED) is 0.509. The Bertz CT molecular complexity index is 931. The van der Waals surface area contributed by atoms with Gasteiger partial charge in [-0.25, -0.2) is 0 Å². The zero-order chi connectivity index (χ0) is 22.1. The summed E-state index contributed by atoms with van der Waals surface area (Å²) in [5.74, 6) is -0.183. The largest absolute Gasteiger partial charge is 0.508 e. The second kappa shape index (κ2) is 8.99. The van der Waals surface area contributed by atoms with E-state index < -0.39 is 0 Å². The minimum Gasteiger partial charge on any atom is -0.508 e. The molecule has 3 aliphatic rings. The Labute approximate surface area is 184 Å². The van der Waals surface area contributed by atoms with Gasteiger partial charge in [0.15, 0.2) is 0 Å². The third-order valence-electron chi connectivity index (χ3n) is 7.19. The summed E-state index contributed by atoms with van der Waals surface area (Å²) < 4.78 is 6.25. The van der Waals surface area contributed by atoms with Crippen LogP contribution in [0, 0.1) is 17.8 Å². The summed E-state index contributed by atoms with van der Waals surface area (Å²) in [6, 6.07) is 7.35. The van der Waals surface area contributed by atoms with Crippen molar-refractivity contribution in [2.75, 3.05) is 13.7 Å². The van der Waals surface area contributed by atoms with Crippen molar-refractivity contribution in [3.05, 3.63) is 46.5 Å². The summed E-state index contributed by atoms with van der Waals surface area (Å²) >= 11 is 0. The van der Waals surface area contributed by atoms with Crippen LogP contribution in [0.25, 0.3) is 6.08 Å². The summed E-state index contributed by atoms with van der Waals surface area (Å²) in [5, 5.41) is 9.77. The number of aromatic hydroxyl groups is 1. The topological polar surface area (TPSA) is 66.8 Å². The number of hydrogen-bond acceptors (Lipinski definition) is 4. The average Bonchev–Trinajstić information content (AvgIpc) is 3.27. The molecule has 2 saturated heterocycles. The van der Waals surface area contributed by atoms with E-state index in [1.165, 1.54) is 21.6 Å². The van der Waals surface area contributed by atoms with Crippen LogP contribution in [0.2, 0.25) is 0 Å². The molecule has 0 bridgehead atoms. The van der Waals surface area contributed by atoms with Gasteiger partial charge in [-0.15, -0.1) is 0 Å². The van der Waals surface area contributed by atoms with Gasteiger partial charge < -0.3 is 9.84 Å². The summed E-state index contributed by atoms with van der Waals surface area (Å²) in [5.41, 5.74) is 4.98. The van der Waals surface area contributed by atoms with Gasteiger partial charge in [0.2, 0.25) is 11.8 Å². The molecule has 4 rings (SSSR count). The van der Waals surface area contributed by atoms with Gasteiger partial charge in [0, 0.05) is 13.0 Å². The maximum atomic E-state index is 12.8. The molecule has 31 heavy (non-hydrogen) atoms. The van der Waals surface area contributed by atoms with Crippen LogP contribution in [0.3, 0.4) is 0 Å². The molecule has 0 radical (unpaired) electrons. The lowest BCUT2D eigenvalue weighted by atomic mass is 9.69. The first-order valence-corrected chi connectivity index (χ1v) is 11.6. The Morgan fingerprint density at radius 2 is 2.00 bits per heavy atom. The molecular formula is C26H33NO4. The van der Waals surface area contributed by atoms with E-state index in [2.05, 4.69) is 19.9 Å². The lowest BCUT2D eigenvalue weighted by Crippen LogP contribution is -2.33. The summed E-state index contributed by atoms with van der Waals surface area (Å²) in [7, 11) is 1.62. The molecule has 5 heteroatoms. The van der Waals surface area contributed by atoms with Crippen molar-refractivity contribution in [3.63, 3.8) is 0 Å². The number of imide groups is 1. The number of likely N-dealkylation sites (tertiary alicyclic amines) is 1. The molecule has 1 aromatic carbocycles. The standard InChI is InChI=1S/C26H33NO4/c1-4-7-16(12-17-8-6-9-19(28)13-17)10-11-22-23-18(5-2)14-20-24(21(23)15-31-22)26(30)27(3)25(20)29/h6,8-9,12-13,20-22,24,28H,4-5,7,10-11,14-15H2,1-3H3/b16-12+/t20-,21+,22-,24-/m1/s1. The van der Waals surface area contributed by atoms with Gasteiger partial charge in [0.25, 0.3) is 0 Å².